The zero-order chi connectivity index (χ0) is 19.1. The molecule has 0 saturated carbocycles. The summed E-state index contributed by atoms with van der Waals surface area (Å²) in [6, 6.07) is 7.15. The standard InChI is InChI=1S/C19H29N3O4/c1-5-21(13-19(24)22-10-14(2)26-15(3)11-22)12-18(23)20-16-6-8-17(25-4)9-7-16/h6-9,14-15H,5,10-13H2,1-4H3,(H,20,23)/t14-,15-/m1/s1. The lowest BCUT2D eigenvalue weighted by Crippen LogP contribution is -2.51. The van der Waals surface area contributed by atoms with E-state index >= 15 is 0 Å². The largest absolute Gasteiger partial charge is 0.497 e. The van der Waals surface area contributed by atoms with Crippen molar-refractivity contribution in [1.29, 1.82) is 0 Å². The molecule has 2 rings (SSSR count). The summed E-state index contributed by atoms with van der Waals surface area (Å²) in [5.41, 5.74) is 0.703. The molecular weight excluding hydrogens is 334 g/mol. The molecule has 0 aromatic heterocycles. The number of nitrogens with zero attached hydrogens (tertiary/aromatic N) is 2. The first-order valence-electron chi connectivity index (χ1n) is 9.00. The van der Waals surface area contributed by atoms with E-state index in [4.69, 9.17) is 9.47 Å². The second kappa shape index (κ2) is 9.54. The van der Waals surface area contributed by atoms with Gasteiger partial charge in [0.25, 0.3) is 0 Å². The van der Waals surface area contributed by atoms with E-state index in [-0.39, 0.29) is 37.1 Å². The summed E-state index contributed by atoms with van der Waals surface area (Å²) in [5.74, 6) is 0.623. The third-order valence-electron chi connectivity index (χ3n) is 4.32. The molecule has 1 aromatic carbocycles. The van der Waals surface area contributed by atoms with Gasteiger partial charge in [-0.1, -0.05) is 6.92 Å². The molecule has 26 heavy (non-hydrogen) atoms. The van der Waals surface area contributed by atoms with Gasteiger partial charge < -0.3 is 19.7 Å². The lowest BCUT2D eigenvalue weighted by molar-refractivity contribution is -0.144. The number of morpholine rings is 1. The molecule has 1 saturated heterocycles. The molecule has 2 atom stereocenters. The summed E-state index contributed by atoms with van der Waals surface area (Å²) in [5, 5.41) is 2.84. The van der Waals surface area contributed by atoms with Crippen molar-refractivity contribution in [2.75, 3.05) is 45.2 Å². The summed E-state index contributed by atoms with van der Waals surface area (Å²) in [6.45, 7) is 8.09. The smallest absolute Gasteiger partial charge is 0.238 e. The van der Waals surface area contributed by atoms with Gasteiger partial charge in [0.2, 0.25) is 11.8 Å². The van der Waals surface area contributed by atoms with E-state index in [0.717, 1.165) is 5.75 Å². The zero-order valence-corrected chi connectivity index (χ0v) is 16.0. The maximum Gasteiger partial charge on any atom is 0.238 e. The Balaban J connectivity index is 1.85. The van der Waals surface area contributed by atoms with Crippen molar-refractivity contribution in [1.82, 2.24) is 9.80 Å². The minimum absolute atomic E-state index is 0.0334. The number of hydrogen-bond donors (Lipinski definition) is 1. The van der Waals surface area contributed by atoms with Crippen molar-refractivity contribution in [2.45, 2.75) is 33.0 Å². The van der Waals surface area contributed by atoms with Crippen molar-refractivity contribution < 1.29 is 19.1 Å². The highest BCUT2D eigenvalue weighted by Crippen LogP contribution is 2.15. The minimum Gasteiger partial charge on any atom is -0.497 e. The molecule has 1 aliphatic heterocycles. The Hall–Kier alpha value is -2.12. The molecule has 1 heterocycles. The van der Waals surface area contributed by atoms with Gasteiger partial charge in [-0.2, -0.15) is 0 Å². The number of carbonyl (C=O) groups is 2. The van der Waals surface area contributed by atoms with Crippen LogP contribution >= 0.6 is 0 Å². The fourth-order valence-corrected chi connectivity index (χ4v) is 3.03. The maximum atomic E-state index is 12.6. The van der Waals surface area contributed by atoms with Crippen LogP contribution in [0.2, 0.25) is 0 Å². The summed E-state index contributed by atoms with van der Waals surface area (Å²) in [4.78, 5) is 28.5. The summed E-state index contributed by atoms with van der Waals surface area (Å²) in [6.07, 6.45) is 0.0762. The van der Waals surface area contributed by atoms with E-state index in [9.17, 15) is 9.59 Å². The normalized spacial score (nSPS) is 20.1. The van der Waals surface area contributed by atoms with Crippen molar-refractivity contribution in [3.63, 3.8) is 0 Å². The summed E-state index contributed by atoms with van der Waals surface area (Å²) < 4.78 is 10.8. The van der Waals surface area contributed by atoms with Crippen LogP contribution in [0.3, 0.4) is 0 Å². The van der Waals surface area contributed by atoms with Crippen molar-refractivity contribution in [3.05, 3.63) is 24.3 Å². The molecular formula is C19H29N3O4. The molecule has 1 N–H and O–H groups in total. The molecule has 1 fully saturated rings. The van der Waals surface area contributed by atoms with Crippen LogP contribution in [0.5, 0.6) is 5.75 Å². The number of rotatable bonds is 7. The number of anilines is 1. The second-order valence-electron chi connectivity index (χ2n) is 6.64. The Kier molecular flexibility index (Phi) is 7.41. The van der Waals surface area contributed by atoms with Crippen LogP contribution in [0.4, 0.5) is 5.69 Å². The number of methoxy groups -OCH3 is 1. The first kappa shape index (κ1) is 20.2. The molecule has 1 aliphatic rings. The predicted octanol–water partition coefficient (Wildman–Crippen LogP) is 1.59. The average molecular weight is 363 g/mol. The van der Waals surface area contributed by atoms with Gasteiger partial charge in [-0.15, -0.1) is 0 Å². The number of likely N-dealkylation sites (N-methyl/N-ethyl adjacent to an activating group) is 1. The number of carbonyl (C=O) groups excluding carboxylic acids is 2. The van der Waals surface area contributed by atoms with Gasteiger partial charge >= 0.3 is 0 Å². The predicted molar refractivity (Wildman–Crippen MR) is 100 cm³/mol. The Morgan fingerprint density at radius 3 is 2.35 bits per heavy atom. The maximum absolute atomic E-state index is 12.6. The highest BCUT2D eigenvalue weighted by atomic mass is 16.5. The van der Waals surface area contributed by atoms with Crippen LogP contribution in [0.1, 0.15) is 20.8 Å². The van der Waals surface area contributed by atoms with E-state index in [1.54, 1.807) is 31.4 Å². The van der Waals surface area contributed by atoms with Gasteiger partial charge in [-0.25, -0.2) is 0 Å². The Bertz CT molecular complexity index is 595. The third kappa shape index (κ3) is 6.00. The number of ether oxygens (including phenoxy) is 2. The summed E-state index contributed by atoms with van der Waals surface area (Å²) >= 11 is 0. The lowest BCUT2D eigenvalue weighted by Gasteiger charge is -2.36. The highest BCUT2D eigenvalue weighted by Gasteiger charge is 2.27. The minimum atomic E-state index is -0.145. The summed E-state index contributed by atoms with van der Waals surface area (Å²) in [7, 11) is 1.60. The first-order valence-corrected chi connectivity index (χ1v) is 9.00. The van der Waals surface area contributed by atoms with Crippen molar-refractivity contribution in [2.24, 2.45) is 0 Å². The first-order chi connectivity index (χ1) is 12.4. The van der Waals surface area contributed by atoms with Crippen LogP contribution in [-0.4, -0.2) is 73.7 Å². The Morgan fingerprint density at radius 2 is 1.81 bits per heavy atom. The fraction of sp³-hybridized carbons (Fsp3) is 0.579. The van der Waals surface area contributed by atoms with Crippen LogP contribution in [0.25, 0.3) is 0 Å². The SMILES string of the molecule is CCN(CC(=O)Nc1ccc(OC)cc1)CC(=O)N1C[C@@H](C)O[C@H](C)C1. The van der Waals surface area contributed by atoms with Gasteiger partial charge in [0.15, 0.2) is 0 Å². The van der Waals surface area contributed by atoms with Crippen LogP contribution in [0, 0.1) is 0 Å². The monoisotopic (exact) mass is 363 g/mol. The molecule has 0 unspecified atom stereocenters. The fourth-order valence-electron chi connectivity index (χ4n) is 3.03. The lowest BCUT2D eigenvalue weighted by atomic mass is 10.2. The van der Waals surface area contributed by atoms with E-state index in [2.05, 4.69) is 5.32 Å². The molecule has 0 aliphatic carbocycles. The van der Waals surface area contributed by atoms with Gasteiger partial charge in [-0.05, 0) is 44.7 Å². The number of amides is 2. The molecule has 7 heteroatoms. The number of nitrogens with one attached hydrogen (secondary N) is 1. The molecule has 0 radical (unpaired) electrons. The van der Waals surface area contributed by atoms with E-state index in [0.29, 0.717) is 25.3 Å². The highest BCUT2D eigenvalue weighted by molar-refractivity contribution is 5.92. The quantitative estimate of drug-likeness (QED) is 0.797. The topological polar surface area (TPSA) is 71.1 Å². The molecule has 0 bridgehead atoms. The Morgan fingerprint density at radius 1 is 1.19 bits per heavy atom. The van der Waals surface area contributed by atoms with Crippen LogP contribution in [0.15, 0.2) is 24.3 Å². The number of hydrogen-bond acceptors (Lipinski definition) is 5. The molecule has 1 aromatic rings. The molecule has 144 valence electrons. The van der Waals surface area contributed by atoms with E-state index < -0.39 is 0 Å². The second-order valence-corrected chi connectivity index (χ2v) is 6.64. The third-order valence-corrected chi connectivity index (χ3v) is 4.32. The van der Waals surface area contributed by atoms with Gasteiger partial charge in [0, 0.05) is 18.8 Å². The van der Waals surface area contributed by atoms with Crippen molar-refractivity contribution >= 4 is 17.5 Å². The molecule has 2 amide bonds. The molecule has 0 spiro atoms. The van der Waals surface area contributed by atoms with Gasteiger partial charge in [-0.3, -0.25) is 14.5 Å². The van der Waals surface area contributed by atoms with Gasteiger partial charge in [0.05, 0.1) is 32.4 Å². The van der Waals surface area contributed by atoms with Gasteiger partial charge in [0.1, 0.15) is 5.75 Å². The van der Waals surface area contributed by atoms with E-state index in [1.807, 2.05) is 30.6 Å². The average Bonchev–Trinajstić information content (AvgIpc) is 2.60. The number of benzene rings is 1. The van der Waals surface area contributed by atoms with E-state index in [1.165, 1.54) is 0 Å². The Labute approximate surface area is 155 Å². The van der Waals surface area contributed by atoms with Crippen molar-refractivity contribution in [3.8, 4) is 5.75 Å². The zero-order valence-electron chi connectivity index (χ0n) is 16.0. The van der Waals surface area contributed by atoms with Crippen LogP contribution in [-0.2, 0) is 14.3 Å². The molecule has 7 nitrogen and oxygen atoms in total. The van der Waals surface area contributed by atoms with Crippen LogP contribution < -0.4 is 10.1 Å².